The molecule has 0 atom stereocenters. The molecule has 3 nitrogen and oxygen atoms in total. The number of rotatable bonds is 4. The average molecular weight is 167 g/mol. The van der Waals surface area contributed by atoms with Gasteiger partial charge in [-0.15, -0.1) is 0 Å². The topological polar surface area (TPSA) is 38.3 Å². The van der Waals surface area contributed by atoms with E-state index in [4.69, 9.17) is 4.74 Å². The van der Waals surface area contributed by atoms with Gasteiger partial charge in [0, 0.05) is 12.5 Å². The molecule has 0 aromatic rings. The summed E-state index contributed by atoms with van der Waals surface area (Å²) in [7, 11) is 0. The highest BCUT2D eigenvalue weighted by atomic mass is 16.5. The Morgan fingerprint density at radius 3 is 3.08 bits per heavy atom. The van der Waals surface area contributed by atoms with Crippen molar-refractivity contribution in [2.24, 2.45) is 0 Å². The second-order valence-corrected chi connectivity index (χ2v) is 3.28. The summed E-state index contributed by atoms with van der Waals surface area (Å²) in [5, 5.41) is 3.16. The summed E-state index contributed by atoms with van der Waals surface area (Å²) < 4.78 is 5.14. The van der Waals surface area contributed by atoms with Gasteiger partial charge in [0.15, 0.2) is 5.76 Å². The number of ketones is 1. The van der Waals surface area contributed by atoms with Gasteiger partial charge in [0.05, 0.1) is 13.2 Å². The number of hydrogen-bond acceptors (Lipinski definition) is 3. The van der Waals surface area contributed by atoms with Gasteiger partial charge in [0.1, 0.15) is 0 Å². The van der Waals surface area contributed by atoms with Gasteiger partial charge in [0.2, 0.25) is 5.78 Å². The summed E-state index contributed by atoms with van der Waals surface area (Å²) in [6.07, 6.45) is 5.18. The van der Waals surface area contributed by atoms with Crippen molar-refractivity contribution in [3.63, 3.8) is 0 Å². The number of Topliss-reactive ketones (excluding diaryl/α,β-unsaturated/α-hetero) is 1. The lowest BCUT2D eigenvalue weighted by molar-refractivity contribution is -0.117. The van der Waals surface area contributed by atoms with Gasteiger partial charge in [-0.1, -0.05) is 0 Å². The van der Waals surface area contributed by atoms with Crippen molar-refractivity contribution in [2.75, 3.05) is 13.2 Å². The zero-order valence-corrected chi connectivity index (χ0v) is 7.01. The van der Waals surface area contributed by atoms with Gasteiger partial charge in [-0.3, -0.25) is 4.79 Å². The van der Waals surface area contributed by atoms with Crippen molar-refractivity contribution in [1.82, 2.24) is 5.32 Å². The summed E-state index contributed by atoms with van der Waals surface area (Å²) in [6, 6.07) is 0.593. The van der Waals surface area contributed by atoms with E-state index in [-0.39, 0.29) is 5.78 Å². The van der Waals surface area contributed by atoms with Crippen molar-refractivity contribution in [3.8, 4) is 0 Å². The van der Waals surface area contributed by atoms with Crippen LogP contribution in [0.15, 0.2) is 11.8 Å². The van der Waals surface area contributed by atoms with E-state index in [2.05, 4.69) is 5.32 Å². The van der Waals surface area contributed by atoms with Crippen LogP contribution in [0.3, 0.4) is 0 Å². The van der Waals surface area contributed by atoms with E-state index in [0.717, 1.165) is 6.42 Å². The van der Waals surface area contributed by atoms with E-state index >= 15 is 0 Å². The predicted molar refractivity (Wildman–Crippen MR) is 44.7 cm³/mol. The lowest BCUT2D eigenvalue weighted by Crippen LogP contribution is -2.25. The maximum atomic E-state index is 11.3. The molecule has 1 saturated carbocycles. The second-order valence-electron chi connectivity index (χ2n) is 3.28. The molecular formula is C9H13NO2. The quantitative estimate of drug-likeness (QED) is 0.666. The van der Waals surface area contributed by atoms with Crippen molar-refractivity contribution in [1.29, 1.82) is 0 Å². The maximum Gasteiger partial charge on any atom is 0.210 e. The third-order valence-corrected chi connectivity index (χ3v) is 2.11. The molecular weight excluding hydrogens is 154 g/mol. The van der Waals surface area contributed by atoms with Crippen LogP contribution in [0, 0.1) is 0 Å². The average Bonchev–Trinajstić information content (AvgIpc) is 2.74. The lowest BCUT2D eigenvalue weighted by Gasteiger charge is -2.02. The molecule has 3 heteroatoms. The Hall–Kier alpha value is -0.830. The summed E-state index contributed by atoms with van der Waals surface area (Å²) >= 11 is 0. The van der Waals surface area contributed by atoms with Crippen LogP contribution >= 0.6 is 0 Å². The number of carbonyl (C=O) groups is 1. The maximum absolute atomic E-state index is 11.3. The molecule has 0 saturated heterocycles. The third kappa shape index (κ3) is 1.85. The molecule has 0 radical (unpaired) electrons. The molecule has 2 aliphatic rings. The van der Waals surface area contributed by atoms with Gasteiger partial charge >= 0.3 is 0 Å². The fraction of sp³-hybridized carbons (Fsp3) is 0.667. The minimum atomic E-state index is 0.0967. The number of ether oxygens (including phenoxy) is 1. The first-order valence-electron chi connectivity index (χ1n) is 4.46. The van der Waals surface area contributed by atoms with Crippen LogP contribution in [0.25, 0.3) is 0 Å². The molecule has 0 bridgehead atoms. The van der Waals surface area contributed by atoms with Crippen LogP contribution in [0.4, 0.5) is 0 Å². The van der Waals surface area contributed by atoms with Gasteiger partial charge in [-0.2, -0.15) is 0 Å². The SMILES string of the molecule is O=C(CNC1CC1)C1=CCCO1. The molecule has 66 valence electrons. The molecule has 0 spiro atoms. The van der Waals surface area contributed by atoms with Gasteiger partial charge in [-0.25, -0.2) is 0 Å². The largest absolute Gasteiger partial charge is 0.490 e. The first-order valence-corrected chi connectivity index (χ1v) is 4.46. The molecule has 1 aliphatic carbocycles. The molecule has 0 unspecified atom stereocenters. The Kier molecular flexibility index (Phi) is 2.13. The number of carbonyl (C=O) groups excluding carboxylic acids is 1. The van der Waals surface area contributed by atoms with Crippen LogP contribution in [-0.4, -0.2) is 25.0 Å². The molecule has 1 aliphatic heterocycles. The minimum Gasteiger partial charge on any atom is -0.490 e. The van der Waals surface area contributed by atoms with Crippen LogP contribution in [-0.2, 0) is 9.53 Å². The minimum absolute atomic E-state index is 0.0967. The second kappa shape index (κ2) is 3.27. The van der Waals surface area contributed by atoms with E-state index in [1.807, 2.05) is 6.08 Å². The standard InChI is InChI=1S/C9H13NO2/c11-8(6-10-7-3-4-7)9-2-1-5-12-9/h2,7,10H,1,3-6H2. The number of hydrogen-bond donors (Lipinski definition) is 1. The summed E-state index contributed by atoms with van der Waals surface area (Å²) in [5.74, 6) is 0.655. The Morgan fingerprint density at radius 2 is 2.50 bits per heavy atom. The van der Waals surface area contributed by atoms with Crippen LogP contribution in [0.5, 0.6) is 0 Å². The highest BCUT2D eigenvalue weighted by Gasteiger charge is 2.23. The van der Waals surface area contributed by atoms with Crippen LogP contribution < -0.4 is 5.32 Å². The highest BCUT2D eigenvalue weighted by Crippen LogP contribution is 2.18. The molecule has 1 N–H and O–H groups in total. The molecule has 0 aromatic carbocycles. The zero-order valence-electron chi connectivity index (χ0n) is 7.01. The van der Waals surface area contributed by atoms with Crippen LogP contribution in [0.2, 0.25) is 0 Å². The predicted octanol–water partition coefficient (Wildman–Crippen LogP) is 0.612. The Bertz CT molecular complexity index is 219. The summed E-state index contributed by atoms with van der Waals surface area (Å²) in [6.45, 7) is 1.11. The monoisotopic (exact) mass is 167 g/mol. The zero-order chi connectivity index (χ0) is 8.39. The smallest absolute Gasteiger partial charge is 0.210 e. The Morgan fingerprint density at radius 1 is 1.67 bits per heavy atom. The summed E-state index contributed by atoms with van der Waals surface area (Å²) in [4.78, 5) is 11.3. The van der Waals surface area contributed by atoms with Crippen molar-refractivity contribution >= 4 is 5.78 Å². The van der Waals surface area contributed by atoms with Gasteiger partial charge in [-0.05, 0) is 18.9 Å². The molecule has 1 heterocycles. The van der Waals surface area contributed by atoms with Crippen molar-refractivity contribution in [2.45, 2.75) is 25.3 Å². The van der Waals surface area contributed by atoms with Gasteiger partial charge in [0.25, 0.3) is 0 Å². The summed E-state index contributed by atoms with van der Waals surface area (Å²) in [5.41, 5.74) is 0. The van der Waals surface area contributed by atoms with E-state index < -0.39 is 0 Å². The third-order valence-electron chi connectivity index (χ3n) is 2.11. The van der Waals surface area contributed by atoms with Crippen molar-refractivity contribution in [3.05, 3.63) is 11.8 Å². The van der Waals surface area contributed by atoms with E-state index in [1.165, 1.54) is 12.8 Å². The fourth-order valence-corrected chi connectivity index (χ4v) is 1.22. The Balaban J connectivity index is 1.74. The van der Waals surface area contributed by atoms with E-state index in [0.29, 0.717) is 25.0 Å². The molecule has 2 rings (SSSR count). The van der Waals surface area contributed by atoms with Crippen LogP contribution in [0.1, 0.15) is 19.3 Å². The van der Waals surface area contributed by atoms with E-state index in [1.54, 1.807) is 0 Å². The Labute approximate surface area is 71.8 Å². The first-order chi connectivity index (χ1) is 5.86. The van der Waals surface area contributed by atoms with Crippen molar-refractivity contribution < 1.29 is 9.53 Å². The fourth-order valence-electron chi connectivity index (χ4n) is 1.22. The molecule has 12 heavy (non-hydrogen) atoms. The first kappa shape index (κ1) is 7.80. The number of nitrogens with one attached hydrogen (secondary N) is 1. The molecule has 1 fully saturated rings. The van der Waals surface area contributed by atoms with Gasteiger partial charge < -0.3 is 10.1 Å². The normalized spacial score (nSPS) is 21.8. The van der Waals surface area contributed by atoms with E-state index in [9.17, 15) is 4.79 Å². The molecule has 0 amide bonds. The highest BCUT2D eigenvalue weighted by molar-refractivity contribution is 5.95. The lowest BCUT2D eigenvalue weighted by atomic mass is 10.3. The molecule has 0 aromatic heterocycles.